The minimum absolute atomic E-state index is 0.305. The highest BCUT2D eigenvalue weighted by Gasteiger charge is 2.16. The number of hydrogen-bond donors (Lipinski definition) is 0. The lowest BCUT2D eigenvalue weighted by Crippen LogP contribution is -2.36. The second kappa shape index (κ2) is 6.91. The Hall–Kier alpha value is -1.32. The molecule has 1 aromatic carbocycles. The van der Waals surface area contributed by atoms with Gasteiger partial charge in [-0.2, -0.15) is 0 Å². The third-order valence-electron chi connectivity index (χ3n) is 3.47. The standard InChI is InChI=1S/C16H21ClN2O/c1-4-19(12(2)11-20-3)16-9-13(10-17)18-15-8-6-5-7-14(15)16/h5-9,12H,4,10-11H2,1-3H3. The van der Waals surface area contributed by atoms with Gasteiger partial charge in [-0.05, 0) is 26.0 Å². The highest BCUT2D eigenvalue weighted by atomic mass is 35.5. The van der Waals surface area contributed by atoms with Gasteiger partial charge in [0.25, 0.3) is 0 Å². The molecule has 4 heteroatoms. The van der Waals surface area contributed by atoms with Gasteiger partial charge in [0.05, 0.1) is 23.7 Å². The Labute approximate surface area is 125 Å². The molecule has 0 aliphatic heterocycles. The van der Waals surface area contributed by atoms with Crippen LogP contribution in [0.2, 0.25) is 0 Å². The summed E-state index contributed by atoms with van der Waals surface area (Å²) in [5.41, 5.74) is 3.07. The highest BCUT2D eigenvalue weighted by molar-refractivity contribution is 6.17. The molecular weight excluding hydrogens is 272 g/mol. The van der Waals surface area contributed by atoms with Gasteiger partial charge in [0.15, 0.2) is 0 Å². The topological polar surface area (TPSA) is 25.4 Å². The largest absolute Gasteiger partial charge is 0.383 e. The van der Waals surface area contributed by atoms with E-state index in [4.69, 9.17) is 16.3 Å². The van der Waals surface area contributed by atoms with Gasteiger partial charge in [0.2, 0.25) is 0 Å². The van der Waals surface area contributed by atoms with Gasteiger partial charge in [-0.1, -0.05) is 18.2 Å². The number of hydrogen-bond acceptors (Lipinski definition) is 3. The highest BCUT2D eigenvalue weighted by Crippen LogP contribution is 2.28. The van der Waals surface area contributed by atoms with E-state index >= 15 is 0 Å². The summed E-state index contributed by atoms with van der Waals surface area (Å²) in [7, 11) is 1.74. The molecule has 0 saturated carbocycles. The summed E-state index contributed by atoms with van der Waals surface area (Å²) in [5, 5.41) is 1.16. The minimum Gasteiger partial charge on any atom is -0.383 e. The minimum atomic E-state index is 0.305. The third-order valence-corrected chi connectivity index (χ3v) is 3.75. The molecule has 0 N–H and O–H groups in total. The van der Waals surface area contributed by atoms with Crippen LogP contribution in [0.15, 0.2) is 30.3 Å². The maximum atomic E-state index is 5.98. The number of para-hydroxylation sites is 1. The molecule has 0 fully saturated rings. The van der Waals surface area contributed by atoms with E-state index in [0.717, 1.165) is 23.1 Å². The monoisotopic (exact) mass is 292 g/mol. The molecule has 1 atom stereocenters. The first kappa shape index (κ1) is 15.1. The molecule has 0 radical (unpaired) electrons. The fourth-order valence-corrected chi connectivity index (χ4v) is 2.70. The van der Waals surface area contributed by atoms with E-state index in [1.807, 2.05) is 18.2 Å². The number of benzene rings is 1. The molecule has 0 saturated heterocycles. The van der Waals surface area contributed by atoms with E-state index < -0.39 is 0 Å². The quantitative estimate of drug-likeness (QED) is 0.757. The molecule has 1 unspecified atom stereocenters. The molecule has 0 bridgehead atoms. The Morgan fingerprint density at radius 3 is 2.75 bits per heavy atom. The number of anilines is 1. The van der Waals surface area contributed by atoms with Crippen LogP contribution in [-0.2, 0) is 10.6 Å². The van der Waals surface area contributed by atoms with Crippen LogP contribution < -0.4 is 4.90 Å². The molecule has 0 aliphatic carbocycles. The molecule has 108 valence electrons. The number of pyridine rings is 1. The Morgan fingerprint density at radius 2 is 2.10 bits per heavy atom. The number of likely N-dealkylation sites (N-methyl/N-ethyl adjacent to an activating group) is 1. The first-order valence-electron chi connectivity index (χ1n) is 6.91. The number of halogens is 1. The van der Waals surface area contributed by atoms with E-state index in [9.17, 15) is 0 Å². The van der Waals surface area contributed by atoms with Crippen molar-refractivity contribution in [1.82, 2.24) is 4.98 Å². The normalized spacial score (nSPS) is 12.6. The Balaban J connectivity index is 2.55. The smallest absolute Gasteiger partial charge is 0.0726 e. The molecule has 20 heavy (non-hydrogen) atoms. The number of ether oxygens (including phenoxy) is 1. The SMILES string of the molecule is CCN(c1cc(CCl)nc2ccccc12)C(C)COC. The lowest BCUT2D eigenvalue weighted by atomic mass is 10.1. The first-order chi connectivity index (χ1) is 9.71. The number of methoxy groups -OCH3 is 1. The van der Waals surface area contributed by atoms with Gasteiger partial charge >= 0.3 is 0 Å². The Kier molecular flexibility index (Phi) is 5.21. The summed E-state index contributed by atoms with van der Waals surface area (Å²) >= 11 is 5.98. The summed E-state index contributed by atoms with van der Waals surface area (Å²) in [6.07, 6.45) is 0. The number of aromatic nitrogens is 1. The average molecular weight is 293 g/mol. The van der Waals surface area contributed by atoms with Crippen LogP contribution in [0.4, 0.5) is 5.69 Å². The van der Waals surface area contributed by atoms with Crippen LogP contribution in [0.3, 0.4) is 0 Å². The molecule has 0 spiro atoms. The molecule has 2 rings (SSSR count). The first-order valence-corrected chi connectivity index (χ1v) is 7.44. The van der Waals surface area contributed by atoms with Crippen molar-refractivity contribution in [2.75, 3.05) is 25.2 Å². The van der Waals surface area contributed by atoms with E-state index in [1.54, 1.807) is 7.11 Å². The predicted molar refractivity (Wildman–Crippen MR) is 85.7 cm³/mol. The summed E-state index contributed by atoms with van der Waals surface area (Å²) in [5.74, 6) is 0.425. The van der Waals surface area contributed by atoms with Crippen LogP contribution in [0.5, 0.6) is 0 Å². The summed E-state index contributed by atoms with van der Waals surface area (Å²) in [4.78, 5) is 6.92. The van der Waals surface area contributed by atoms with Crippen molar-refractivity contribution < 1.29 is 4.74 Å². The molecule has 1 aromatic heterocycles. The van der Waals surface area contributed by atoms with E-state index in [0.29, 0.717) is 18.5 Å². The van der Waals surface area contributed by atoms with Gasteiger partial charge in [0, 0.05) is 30.8 Å². The zero-order valence-corrected chi connectivity index (χ0v) is 13.0. The van der Waals surface area contributed by atoms with Crippen molar-refractivity contribution in [2.24, 2.45) is 0 Å². The number of alkyl halides is 1. The zero-order valence-electron chi connectivity index (χ0n) is 12.3. The van der Waals surface area contributed by atoms with Crippen LogP contribution in [-0.4, -0.2) is 31.3 Å². The van der Waals surface area contributed by atoms with Crippen molar-refractivity contribution in [3.8, 4) is 0 Å². The zero-order chi connectivity index (χ0) is 14.5. The Morgan fingerprint density at radius 1 is 1.35 bits per heavy atom. The maximum Gasteiger partial charge on any atom is 0.0726 e. The van der Waals surface area contributed by atoms with Crippen LogP contribution in [0.1, 0.15) is 19.5 Å². The maximum absolute atomic E-state index is 5.98. The molecule has 2 aromatic rings. The summed E-state index contributed by atoms with van der Waals surface area (Å²) in [6.45, 7) is 5.94. The van der Waals surface area contributed by atoms with Crippen LogP contribution in [0, 0.1) is 0 Å². The summed E-state index contributed by atoms with van der Waals surface area (Å²) in [6, 6.07) is 10.6. The van der Waals surface area contributed by atoms with Gasteiger partial charge < -0.3 is 9.64 Å². The van der Waals surface area contributed by atoms with Gasteiger partial charge in [-0.25, -0.2) is 0 Å². The molecule has 0 amide bonds. The van der Waals surface area contributed by atoms with Gasteiger partial charge in [-0.3, -0.25) is 4.98 Å². The van der Waals surface area contributed by atoms with Gasteiger partial charge in [0.1, 0.15) is 0 Å². The van der Waals surface area contributed by atoms with E-state index in [1.165, 1.54) is 5.69 Å². The van der Waals surface area contributed by atoms with Crippen molar-refractivity contribution >= 4 is 28.2 Å². The van der Waals surface area contributed by atoms with Gasteiger partial charge in [-0.15, -0.1) is 11.6 Å². The van der Waals surface area contributed by atoms with Crippen LogP contribution >= 0.6 is 11.6 Å². The van der Waals surface area contributed by atoms with Crippen LogP contribution in [0.25, 0.3) is 10.9 Å². The number of rotatable bonds is 6. The fourth-order valence-electron chi connectivity index (χ4n) is 2.57. The second-order valence-electron chi connectivity index (χ2n) is 4.87. The lowest BCUT2D eigenvalue weighted by Gasteiger charge is -2.31. The molecule has 1 heterocycles. The van der Waals surface area contributed by atoms with E-state index in [2.05, 4.69) is 35.9 Å². The average Bonchev–Trinajstić information content (AvgIpc) is 2.48. The fraction of sp³-hybridized carbons (Fsp3) is 0.438. The van der Waals surface area contributed by atoms with Crippen molar-refractivity contribution in [2.45, 2.75) is 25.8 Å². The lowest BCUT2D eigenvalue weighted by molar-refractivity contribution is 0.182. The van der Waals surface area contributed by atoms with Crippen molar-refractivity contribution in [1.29, 1.82) is 0 Å². The summed E-state index contributed by atoms with van der Waals surface area (Å²) < 4.78 is 5.29. The predicted octanol–water partition coefficient (Wildman–Crippen LogP) is 3.83. The Bertz CT molecular complexity index is 573. The third kappa shape index (κ3) is 3.05. The van der Waals surface area contributed by atoms with Crippen molar-refractivity contribution in [3.63, 3.8) is 0 Å². The number of fused-ring (bicyclic) bond motifs is 1. The molecule has 0 aliphatic rings. The molecule has 3 nitrogen and oxygen atoms in total. The second-order valence-corrected chi connectivity index (χ2v) is 5.14. The van der Waals surface area contributed by atoms with E-state index in [-0.39, 0.29) is 0 Å². The number of nitrogens with zero attached hydrogens (tertiary/aromatic N) is 2. The van der Waals surface area contributed by atoms with Crippen molar-refractivity contribution in [3.05, 3.63) is 36.0 Å². The molecular formula is C16H21ClN2O.